The number of ether oxygens (including phenoxy) is 1. The fraction of sp³-hybridized carbons (Fsp3) is 0.0769. The van der Waals surface area contributed by atoms with Crippen molar-refractivity contribution in [3.05, 3.63) is 49.4 Å². The second-order valence-corrected chi connectivity index (χ2v) is 8.97. The average Bonchev–Trinajstić information content (AvgIpc) is 2.27. The van der Waals surface area contributed by atoms with E-state index in [-0.39, 0.29) is 7.43 Å². The van der Waals surface area contributed by atoms with Crippen molar-refractivity contribution in [1.29, 1.82) is 0 Å². The Bertz CT molecular complexity index is 548. The van der Waals surface area contributed by atoms with Gasteiger partial charge in [0.05, 0.1) is 0 Å². The van der Waals surface area contributed by atoms with Crippen molar-refractivity contribution in [3.8, 4) is 5.75 Å². The molecular weight excluding hydrogens is 344 g/mol. The molecule has 0 saturated carbocycles. The molecule has 94 valence electrons. The number of hydrogen-bond donors (Lipinski definition) is 0. The van der Waals surface area contributed by atoms with Gasteiger partial charge in [-0.3, -0.25) is 0 Å². The molecule has 0 aromatic heterocycles. The largest absolute Gasteiger partial charge is 0.358 e. The Morgan fingerprint density at radius 3 is 2.24 bits per heavy atom. The fourth-order valence-corrected chi connectivity index (χ4v) is 3.36. The summed E-state index contributed by atoms with van der Waals surface area (Å²) in [6.45, 7) is 0. The molecule has 0 aliphatic heterocycles. The van der Waals surface area contributed by atoms with Gasteiger partial charge in [-0.05, 0) is 0 Å². The summed E-state index contributed by atoms with van der Waals surface area (Å²) in [7, 11) is 13.4. The monoisotopic (exact) mass is 357 g/mol. The zero-order chi connectivity index (χ0) is 11.5. The van der Waals surface area contributed by atoms with Crippen molar-refractivity contribution >= 4 is 34.8 Å². The van der Waals surface area contributed by atoms with Crippen LogP contribution < -0.4 is 4.74 Å². The van der Waals surface area contributed by atoms with Crippen LogP contribution in [0.1, 0.15) is 5.56 Å². The van der Waals surface area contributed by atoms with Gasteiger partial charge in [0.2, 0.25) is 0 Å². The summed E-state index contributed by atoms with van der Waals surface area (Å²) in [5, 5.41) is 2.32. The molecule has 2 rings (SSSR count). The molecule has 17 heavy (non-hydrogen) atoms. The summed E-state index contributed by atoms with van der Waals surface area (Å²) in [5.41, 5.74) is 0.977. The third-order valence-corrected chi connectivity index (χ3v) is 4.12. The van der Waals surface area contributed by atoms with Crippen LogP contribution in [-0.4, -0.2) is 11.7 Å². The quantitative estimate of drug-likeness (QED) is 0.573. The van der Waals surface area contributed by atoms with Gasteiger partial charge < -0.3 is 7.43 Å². The van der Waals surface area contributed by atoms with Gasteiger partial charge in [-0.1, -0.05) is 0 Å². The third kappa shape index (κ3) is 3.51. The first kappa shape index (κ1) is 14.6. The minimum Gasteiger partial charge on any atom is -0.358 e. The van der Waals surface area contributed by atoms with Gasteiger partial charge >= 0.3 is 108 Å². The Balaban J connectivity index is 0.00000144. The van der Waals surface area contributed by atoms with Gasteiger partial charge in [-0.25, -0.2) is 0 Å². The Labute approximate surface area is 115 Å². The van der Waals surface area contributed by atoms with Crippen molar-refractivity contribution in [2.24, 2.45) is 0 Å². The number of hydrogen-bond acceptors (Lipinski definition) is 1. The van der Waals surface area contributed by atoms with Crippen LogP contribution in [0.2, 0.25) is 0 Å². The number of rotatable bonds is 2. The first-order valence-corrected chi connectivity index (χ1v) is 10.1. The van der Waals surface area contributed by atoms with Gasteiger partial charge in [-0.15, -0.1) is 0 Å². The van der Waals surface area contributed by atoms with E-state index in [1.165, 1.54) is 5.39 Å². The summed E-state index contributed by atoms with van der Waals surface area (Å²) in [5.74, 6) is 0.818. The Hall–Kier alpha value is -0.427. The molecule has 0 saturated heterocycles. The maximum absolute atomic E-state index is 5.89. The van der Waals surface area contributed by atoms with Crippen molar-refractivity contribution < 1.29 is 18.3 Å². The van der Waals surface area contributed by atoms with Crippen LogP contribution in [0.4, 0.5) is 0 Å². The number of halogens is 2. The van der Waals surface area contributed by atoms with Gasteiger partial charge in [0, 0.05) is 0 Å². The fourth-order valence-electron chi connectivity index (χ4n) is 1.58. The smallest absolute Gasteiger partial charge is 0.358 e. The topological polar surface area (TPSA) is 9.23 Å². The van der Waals surface area contributed by atoms with E-state index in [4.69, 9.17) is 24.1 Å². The van der Waals surface area contributed by atoms with Crippen molar-refractivity contribution in [2.45, 2.75) is 0 Å². The normalized spacial score (nSPS) is 10.6. The molecule has 0 amide bonds. The van der Waals surface area contributed by atoms with E-state index in [0.717, 1.165) is 16.7 Å². The van der Waals surface area contributed by atoms with E-state index < -0.39 is 13.5 Å². The summed E-state index contributed by atoms with van der Waals surface area (Å²) in [6, 6.07) is 12.2. The van der Waals surface area contributed by atoms with Crippen LogP contribution >= 0.6 is 19.4 Å². The third-order valence-electron chi connectivity index (χ3n) is 2.29. The molecule has 2 aromatic carbocycles. The van der Waals surface area contributed by atoms with E-state index >= 15 is 0 Å². The first-order chi connectivity index (χ1) is 7.70. The molecule has 4 heteroatoms. The molecule has 2 aromatic rings. The standard InChI is InChI=1S/C12H10O.CH3.2ClH.Ru/c1-9-7-10-5-3-4-6-11(10)8-12(9)13-2;;;;/h1,3-8H,2H3;1H3;2*1H;/q;-1;;;+2/p-2. The average molecular weight is 357 g/mol. The predicted octanol–water partition coefficient (Wildman–Crippen LogP) is 4.37. The molecule has 0 aliphatic carbocycles. The maximum Gasteiger partial charge on any atom is -0.358 e. The summed E-state index contributed by atoms with van der Waals surface area (Å²) >= 11 is -1.82. The Kier molecular flexibility index (Phi) is 5.59. The van der Waals surface area contributed by atoms with Crippen LogP contribution in [0, 0.1) is 7.43 Å². The van der Waals surface area contributed by atoms with Gasteiger partial charge in [0.15, 0.2) is 0 Å². The molecule has 0 heterocycles. The predicted molar refractivity (Wildman–Crippen MR) is 73.8 cm³/mol. The molecule has 0 unspecified atom stereocenters. The van der Waals surface area contributed by atoms with Crippen molar-refractivity contribution in [2.75, 3.05) is 7.11 Å². The zero-order valence-corrected chi connectivity index (χ0v) is 12.8. The molecule has 0 bridgehead atoms. The Morgan fingerprint density at radius 1 is 1.12 bits per heavy atom. The van der Waals surface area contributed by atoms with Crippen LogP contribution in [0.15, 0.2) is 36.4 Å². The van der Waals surface area contributed by atoms with E-state index in [2.05, 4.69) is 18.2 Å². The van der Waals surface area contributed by atoms with Crippen LogP contribution in [0.3, 0.4) is 0 Å². The van der Waals surface area contributed by atoms with E-state index in [1.54, 1.807) is 7.11 Å². The van der Waals surface area contributed by atoms with Crippen molar-refractivity contribution in [3.63, 3.8) is 0 Å². The molecule has 0 atom stereocenters. The molecule has 0 radical (unpaired) electrons. The van der Waals surface area contributed by atoms with E-state index in [1.807, 2.05) is 22.8 Å². The summed E-state index contributed by atoms with van der Waals surface area (Å²) < 4.78 is 7.23. The minimum atomic E-state index is -1.82. The second-order valence-electron chi connectivity index (χ2n) is 3.25. The molecular formula is C13H13Cl2ORu-. The maximum atomic E-state index is 5.89. The first-order valence-electron chi connectivity index (χ1n) is 4.60. The van der Waals surface area contributed by atoms with Crippen LogP contribution in [0.25, 0.3) is 10.8 Å². The number of benzene rings is 2. The molecule has 0 fully saturated rings. The molecule has 0 N–H and O–H groups in total. The molecule has 0 spiro atoms. The summed E-state index contributed by atoms with van der Waals surface area (Å²) in [4.78, 5) is 0. The van der Waals surface area contributed by atoms with Gasteiger partial charge in [0.25, 0.3) is 0 Å². The van der Waals surface area contributed by atoms with E-state index in [9.17, 15) is 0 Å². The Morgan fingerprint density at radius 2 is 1.71 bits per heavy atom. The molecule has 0 aliphatic rings. The van der Waals surface area contributed by atoms with Crippen LogP contribution in [-0.2, 0) is 13.5 Å². The van der Waals surface area contributed by atoms with Gasteiger partial charge in [-0.2, -0.15) is 0 Å². The number of methoxy groups -OCH3 is 1. The molecule has 1 nitrogen and oxygen atoms in total. The second kappa shape index (κ2) is 6.49. The van der Waals surface area contributed by atoms with E-state index in [0.29, 0.717) is 0 Å². The minimum absolute atomic E-state index is 0. The van der Waals surface area contributed by atoms with Crippen LogP contribution in [0.5, 0.6) is 5.75 Å². The van der Waals surface area contributed by atoms with Gasteiger partial charge in [0.1, 0.15) is 0 Å². The zero-order valence-electron chi connectivity index (χ0n) is 9.56. The summed E-state index contributed by atoms with van der Waals surface area (Å²) in [6.07, 6.45) is 0. The SMILES string of the molecule is COc1cc2ccccc2cc1[CH]=[Ru]([Cl])[Cl].[CH3-]. The van der Waals surface area contributed by atoms with Crippen molar-refractivity contribution in [1.82, 2.24) is 0 Å². The number of fused-ring (bicyclic) bond motifs is 1.